The highest BCUT2D eigenvalue weighted by molar-refractivity contribution is 5.84. The Morgan fingerprint density at radius 2 is 2.15 bits per heavy atom. The van der Waals surface area contributed by atoms with Crippen molar-refractivity contribution < 1.29 is 9.53 Å². The van der Waals surface area contributed by atoms with Gasteiger partial charge in [0.25, 0.3) is 0 Å². The number of amides is 1. The molecule has 1 amide bonds. The van der Waals surface area contributed by atoms with Gasteiger partial charge in [-0.15, -0.1) is 0 Å². The Morgan fingerprint density at radius 1 is 1.38 bits per heavy atom. The number of aryl methyl sites for hydroxylation is 2. The molecule has 2 aromatic rings. The normalized spacial score (nSPS) is 17.3. The van der Waals surface area contributed by atoms with Gasteiger partial charge in [-0.3, -0.25) is 14.4 Å². The minimum absolute atomic E-state index is 0.0450. The fourth-order valence-electron chi connectivity index (χ4n) is 3.67. The largest absolute Gasteiger partial charge is 0.383 e. The number of hydrogen-bond donors (Lipinski definition) is 1. The van der Waals surface area contributed by atoms with Crippen molar-refractivity contribution in [2.24, 2.45) is 7.05 Å². The van der Waals surface area contributed by atoms with E-state index in [1.54, 1.807) is 19.6 Å². The van der Waals surface area contributed by atoms with Crippen molar-refractivity contribution in [3.63, 3.8) is 0 Å². The maximum atomic E-state index is 13.0. The van der Waals surface area contributed by atoms with Crippen LogP contribution in [0.25, 0.3) is 0 Å². The van der Waals surface area contributed by atoms with Crippen LogP contribution in [0.2, 0.25) is 0 Å². The summed E-state index contributed by atoms with van der Waals surface area (Å²) in [5, 5.41) is 7.43. The van der Waals surface area contributed by atoms with Crippen LogP contribution in [-0.2, 0) is 28.7 Å². The van der Waals surface area contributed by atoms with Crippen LogP contribution >= 0.6 is 0 Å². The zero-order valence-corrected chi connectivity index (χ0v) is 15.8. The fourth-order valence-corrected chi connectivity index (χ4v) is 3.67. The molecule has 8 heteroatoms. The van der Waals surface area contributed by atoms with Crippen molar-refractivity contribution in [1.82, 2.24) is 29.5 Å². The Labute approximate surface area is 154 Å². The number of carbonyl (C=O) groups excluding carboxylic acids is 1. The van der Waals surface area contributed by atoms with E-state index in [0.717, 1.165) is 38.2 Å². The molecule has 0 saturated carbocycles. The molecule has 1 fully saturated rings. The van der Waals surface area contributed by atoms with Crippen molar-refractivity contribution in [2.75, 3.05) is 33.4 Å². The lowest BCUT2D eigenvalue weighted by Gasteiger charge is -2.41. The van der Waals surface area contributed by atoms with E-state index in [-0.39, 0.29) is 5.91 Å². The molecule has 1 N–H and O–H groups in total. The van der Waals surface area contributed by atoms with E-state index in [9.17, 15) is 4.79 Å². The third kappa shape index (κ3) is 3.81. The van der Waals surface area contributed by atoms with Crippen LogP contribution in [-0.4, -0.2) is 63.5 Å². The average Bonchev–Trinajstić information content (AvgIpc) is 3.26. The molecule has 1 aliphatic rings. The van der Waals surface area contributed by atoms with Gasteiger partial charge in [0.15, 0.2) is 0 Å². The zero-order chi connectivity index (χ0) is 18.6. The average molecular weight is 360 g/mol. The van der Waals surface area contributed by atoms with E-state index in [1.165, 1.54) is 5.69 Å². The number of piperidine rings is 1. The summed E-state index contributed by atoms with van der Waals surface area (Å²) in [5.41, 5.74) is 1.65. The lowest BCUT2D eigenvalue weighted by molar-refractivity contribution is -0.132. The van der Waals surface area contributed by atoms with Crippen LogP contribution in [0.5, 0.6) is 0 Å². The number of nitrogens with one attached hydrogen (secondary N) is 1. The van der Waals surface area contributed by atoms with Crippen molar-refractivity contribution in [1.29, 1.82) is 0 Å². The summed E-state index contributed by atoms with van der Waals surface area (Å²) in [6.07, 6.45) is 6.86. The molecule has 142 valence electrons. The zero-order valence-electron chi connectivity index (χ0n) is 15.8. The van der Waals surface area contributed by atoms with Crippen LogP contribution in [0.15, 0.2) is 24.8 Å². The lowest BCUT2D eigenvalue weighted by atomic mass is 9.86. The first-order valence-corrected chi connectivity index (χ1v) is 9.03. The predicted octanol–water partition coefficient (Wildman–Crippen LogP) is 0.679. The van der Waals surface area contributed by atoms with Crippen LogP contribution in [0.1, 0.15) is 24.2 Å². The highest BCUT2D eigenvalue weighted by Gasteiger charge is 2.42. The molecule has 0 atom stereocenters. The third-order valence-corrected chi connectivity index (χ3v) is 5.18. The summed E-state index contributed by atoms with van der Waals surface area (Å²) in [5.74, 6) is 0.0450. The van der Waals surface area contributed by atoms with E-state index in [4.69, 9.17) is 4.74 Å². The Morgan fingerprint density at radius 3 is 2.73 bits per heavy atom. The van der Waals surface area contributed by atoms with Gasteiger partial charge in [-0.05, 0) is 25.8 Å². The molecule has 1 saturated heterocycles. The van der Waals surface area contributed by atoms with Gasteiger partial charge in [0.1, 0.15) is 5.54 Å². The minimum Gasteiger partial charge on any atom is -0.383 e. The first kappa shape index (κ1) is 18.6. The Hall–Kier alpha value is -2.19. The van der Waals surface area contributed by atoms with Gasteiger partial charge in [0.05, 0.1) is 24.3 Å². The molecule has 0 aromatic carbocycles. The molecular formula is C18H28N6O2. The highest BCUT2D eigenvalue weighted by Crippen LogP contribution is 2.31. The van der Waals surface area contributed by atoms with Crippen molar-refractivity contribution in [3.8, 4) is 0 Å². The van der Waals surface area contributed by atoms with Crippen LogP contribution < -0.4 is 5.32 Å². The second-order valence-corrected chi connectivity index (χ2v) is 6.93. The minimum atomic E-state index is -0.580. The second kappa shape index (κ2) is 8.01. The quantitative estimate of drug-likeness (QED) is 0.735. The van der Waals surface area contributed by atoms with Gasteiger partial charge in [-0.1, -0.05) is 0 Å². The topological polar surface area (TPSA) is 77.2 Å². The van der Waals surface area contributed by atoms with Crippen molar-refractivity contribution in [3.05, 3.63) is 36.2 Å². The molecule has 3 rings (SSSR count). The molecule has 8 nitrogen and oxygen atoms in total. The molecular weight excluding hydrogens is 332 g/mol. The summed E-state index contributed by atoms with van der Waals surface area (Å²) in [7, 11) is 3.61. The number of methoxy groups -OCH3 is 1. The van der Waals surface area contributed by atoms with Crippen LogP contribution in [0.4, 0.5) is 0 Å². The molecule has 1 aliphatic heterocycles. The van der Waals surface area contributed by atoms with E-state index in [1.807, 2.05) is 29.4 Å². The monoisotopic (exact) mass is 360 g/mol. The summed E-state index contributed by atoms with van der Waals surface area (Å²) in [4.78, 5) is 19.5. The standard InChI is InChI=1S/C18H28N6O2/c1-15-12-16(22(2)21-15)13-23-8-4-18(5-9-23,24-10-6-19-14-24)17(25)20-7-11-26-3/h6,10,12,14H,4-5,7-9,11,13H2,1-3H3,(H,20,25). The Balaban J connectivity index is 1.69. The lowest BCUT2D eigenvalue weighted by Crippen LogP contribution is -2.55. The van der Waals surface area contributed by atoms with Gasteiger partial charge < -0.3 is 14.6 Å². The van der Waals surface area contributed by atoms with Gasteiger partial charge in [-0.25, -0.2) is 4.98 Å². The van der Waals surface area contributed by atoms with Crippen LogP contribution in [0.3, 0.4) is 0 Å². The summed E-state index contributed by atoms with van der Waals surface area (Å²) in [6.45, 7) is 5.58. The maximum Gasteiger partial charge on any atom is 0.246 e. The van der Waals surface area contributed by atoms with E-state index >= 15 is 0 Å². The molecule has 2 aromatic heterocycles. The summed E-state index contributed by atoms with van der Waals surface area (Å²) >= 11 is 0. The number of rotatable bonds is 7. The second-order valence-electron chi connectivity index (χ2n) is 6.93. The Bertz CT molecular complexity index is 716. The summed E-state index contributed by atoms with van der Waals surface area (Å²) < 4.78 is 8.94. The van der Waals surface area contributed by atoms with Crippen molar-refractivity contribution in [2.45, 2.75) is 31.8 Å². The molecule has 0 spiro atoms. The first-order chi connectivity index (χ1) is 12.5. The maximum absolute atomic E-state index is 13.0. The van der Waals surface area contributed by atoms with E-state index in [2.05, 4.69) is 26.4 Å². The molecule has 0 unspecified atom stereocenters. The smallest absolute Gasteiger partial charge is 0.246 e. The molecule has 0 radical (unpaired) electrons. The first-order valence-electron chi connectivity index (χ1n) is 9.03. The number of carbonyl (C=O) groups is 1. The number of aromatic nitrogens is 4. The van der Waals surface area contributed by atoms with Crippen molar-refractivity contribution >= 4 is 5.91 Å². The number of imidazole rings is 1. The molecule has 0 bridgehead atoms. The molecule has 0 aliphatic carbocycles. The number of likely N-dealkylation sites (tertiary alicyclic amines) is 1. The van der Waals surface area contributed by atoms with Gasteiger partial charge in [-0.2, -0.15) is 5.10 Å². The number of ether oxygens (including phenoxy) is 1. The number of hydrogen-bond acceptors (Lipinski definition) is 5. The fraction of sp³-hybridized carbons (Fsp3) is 0.611. The summed E-state index contributed by atoms with van der Waals surface area (Å²) in [6, 6.07) is 2.12. The Kier molecular flexibility index (Phi) is 5.73. The van der Waals surface area contributed by atoms with Gasteiger partial charge in [0, 0.05) is 52.7 Å². The predicted molar refractivity (Wildman–Crippen MR) is 97.5 cm³/mol. The van der Waals surface area contributed by atoms with E-state index in [0.29, 0.717) is 13.2 Å². The number of nitrogens with zero attached hydrogens (tertiary/aromatic N) is 5. The van der Waals surface area contributed by atoms with Gasteiger partial charge in [0.2, 0.25) is 5.91 Å². The third-order valence-electron chi connectivity index (χ3n) is 5.18. The van der Waals surface area contributed by atoms with Crippen LogP contribution in [0, 0.1) is 6.92 Å². The highest BCUT2D eigenvalue weighted by atomic mass is 16.5. The molecule has 3 heterocycles. The SMILES string of the molecule is COCCNC(=O)C1(n2ccnc2)CCN(Cc2cc(C)nn2C)CC1. The van der Waals surface area contributed by atoms with E-state index < -0.39 is 5.54 Å². The van der Waals surface area contributed by atoms with Gasteiger partial charge >= 0.3 is 0 Å². The molecule has 26 heavy (non-hydrogen) atoms.